The van der Waals surface area contributed by atoms with Crippen LogP contribution in [0.2, 0.25) is 0 Å². The number of benzene rings is 1. The second kappa shape index (κ2) is 10.2. The molecule has 0 amide bonds. The number of carbonyl (C=O) groups is 3. The quantitative estimate of drug-likeness (QED) is 0.472. The summed E-state index contributed by atoms with van der Waals surface area (Å²) in [5.74, 6) is -2.47. The number of hydrogen-bond donors (Lipinski definition) is 1. The Hall–Kier alpha value is -3.49. The van der Waals surface area contributed by atoms with Crippen molar-refractivity contribution in [3.63, 3.8) is 0 Å². The Balaban J connectivity index is 2.29. The van der Waals surface area contributed by atoms with Crippen molar-refractivity contribution in [2.45, 2.75) is 33.1 Å². The van der Waals surface area contributed by atoms with E-state index in [1.165, 1.54) is 28.4 Å². The molecule has 9 heteroatoms. The minimum Gasteiger partial charge on any atom is -0.493 e. The standard InChI is InChI=1S/C25H31NO8/c1-8-34-25(29)19-13(3)26-15-9-12(2)18(24(28)33-7)22(27)21(15)20(19)14-10-16(30-4)23(32-6)17(11-14)31-5/h10-12,18,20,26H,8-9H2,1-7H3/t12-,18+,20-/m1/s1. The van der Waals surface area contributed by atoms with Gasteiger partial charge in [0.1, 0.15) is 5.92 Å². The first-order valence-corrected chi connectivity index (χ1v) is 11.0. The molecule has 1 N–H and O–H groups in total. The van der Waals surface area contributed by atoms with Gasteiger partial charge in [-0.25, -0.2) is 4.79 Å². The van der Waals surface area contributed by atoms with Crippen molar-refractivity contribution in [3.05, 3.63) is 40.2 Å². The van der Waals surface area contributed by atoms with Crippen LogP contribution in [-0.2, 0) is 23.9 Å². The second-order valence-corrected chi connectivity index (χ2v) is 8.21. The van der Waals surface area contributed by atoms with E-state index in [0.717, 1.165) is 0 Å². The predicted molar refractivity (Wildman–Crippen MR) is 123 cm³/mol. The largest absolute Gasteiger partial charge is 0.493 e. The summed E-state index contributed by atoms with van der Waals surface area (Å²) >= 11 is 0. The van der Waals surface area contributed by atoms with Gasteiger partial charge in [-0.15, -0.1) is 0 Å². The van der Waals surface area contributed by atoms with Crippen LogP contribution in [0.15, 0.2) is 34.7 Å². The Morgan fingerprint density at radius 1 is 1.06 bits per heavy atom. The van der Waals surface area contributed by atoms with Crippen molar-refractivity contribution in [2.75, 3.05) is 35.0 Å². The Labute approximate surface area is 199 Å². The summed E-state index contributed by atoms with van der Waals surface area (Å²) in [6.45, 7) is 5.48. The highest BCUT2D eigenvalue weighted by Crippen LogP contribution is 2.48. The van der Waals surface area contributed by atoms with Crippen LogP contribution in [0.5, 0.6) is 17.2 Å². The predicted octanol–water partition coefficient (Wildman–Crippen LogP) is 2.89. The molecule has 34 heavy (non-hydrogen) atoms. The molecule has 0 saturated carbocycles. The lowest BCUT2D eigenvalue weighted by molar-refractivity contribution is -0.151. The molecule has 0 unspecified atom stereocenters. The molecule has 2 aliphatic rings. The average Bonchev–Trinajstić information content (AvgIpc) is 2.81. The summed E-state index contributed by atoms with van der Waals surface area (Å²) in [4.78, 5) is 39.4. The molecular formula is C25H31NO8. The van der Waals surface area contributed by atoms with Crippen molar-refractivity contribution < 1.29 is 38.1 Å². The Morgan fingerprint density at radius 2 is 1.68 bits per heavy atom. The summed E-state index contributed by atoms with van der Waals surface area (Å²) in [6.07, 6.45) is 0.440. The topological polar surface area (TPSA) is 109 Å². The normalized spacial score (nSPS) is 22.0. The summed E-state index contributed by atoms with van der Waals surface area (Å²) in [6, 6.07) is 3.40. The second-order valence-electron chi connectivity index (χ2n) is 8.21. The number of carbonyl (C=O) groups excluding carboxylic acids is 3. The summed E-state index contributed by atoms with van der Waals surface area (Å²) < 4.78 is 26.7. The van der Waals surface area contributed by atoms with Gasteiger partial charge in [0.05, 0.1) is 40.6 Å². The van der Waals surface area contributed by atoms with E-state index in [9.17, 15) is 14.4 Å². The van der Waals surface area contributed by atoms with Crippen LogP contribution in [0.4, 0.5) is 0 Å². The molecule has 0 radical (unpaired) electrons. The maximum absolute atomic E-state index is 13.8. The molecule has 1 heterocycles. The highest BCUT2D eigenvalue weighted by Gasteiger charge is 2.47. The van der Waals surface area contributed by atoms with Gasteiger partial charge in [-0.1, -0.05) is 6.92 Å². The number of esters is 2. The van der Waals surface area contributed by atoms with Gasteiger partial charge < -0.3 is 29.0 Å². The van der Waals surface area contributed by atoms with Crippen LogP contribution in [0.3, 0.4) is 0 Å². The third-order valence-electron chi connectivity index (χ3n) is 6.26. The van der Waals surface area contributed by atoms with E-state index in [2.05, 4.69) is 5.32 Å². The highest BCUT2D eigenvalue weighted by atomic mass is 16.5. The average molecular weight is 474 g/mol. The van der Waals surface area contributed by atoms with Crippen LogP contribution in [0.25, 0.3) is 0 Å². The van der Waals surface area contributed by atoms with E-state index in [-0.39, 0.29) is 23.9 Å². The molecule has 1 aromatic carbocycles. The lowest BCUT2D eigenvalue weighted by Crippen LogP contribution is -2.43. The Bertz CT molecular complexity index is 1050. The minimum atomic E-state index is -0.975. The molecule has 0 bridgehead atoms. The zero-order valence-corrected chi connectivity index (χ0v) is 20.6. The van der Waals surface area contributed by atoms with E-state index in [0.29, 0.717) is 46.2 Å². The fraction of sp³-hybridized carbons (Fsp3) is 0.480. The van der Waals surface area contributed by atoms with Crippen LogP contribution in [0, 0.1) is 11.8 Å². The van der Waals surface area contributed by atoms with Gasteiger partial charge in [0.2, 0.25) is 5.75 Å². The highest BCUT2D eigenvalue weighted by molar-refractivity contribution is 6.12. The fourth-order valence-electron chi connectivity index (χ4n) is 4.76. The van der Waals surface area contributed by atoms with E-state index in [4.69, 9.17) is 23.7 Å². The molecule has 3 atom stereocenters. The molecule has 0 spiro atoms. The number of Topliss-reactive ketones (excluding diaryl/α,β-unsaturated/α-hetero) is 1. The SMILES string of the molecule is CCOC(=O)C1=C(C)NC2=C(C(=O)[C@@H](C(=O)OC)[C@H](C)C2)[C@@H]1c1cc(OC)c(OC)c(OC)c1. The number of methoxy groups -OCH3 is 4. The van der Waals surface area contributed by atoms with E-state index in [1.54, 1.807) is 26.0 Å². The van der Waals surface area contributed by atoms with Gasteiger partial charge in [-0.2, -0.15) is 0 Å². The number of rotatable bonds is 7. The Morgan fingerprint density at radius 3 is 2.18 bits per heavy atom. The monoisotopic (exact) mass is 473 g/mol. The van der Waals surface area contributed by atoms with Crippen LogP contribution < -0.4 is 19.5 Å². The minimum absolute atomic E-state index is 0.166. The number of dihydropyridines is 1. The van der Waals surface area contributed by atoms with Crippen LogP contribution >= 0.6 is 0 Å². The van der Waals surface area contributed by atoms with E-state index >= 15 is 0 Å². The van der Waals surface area contributed by atoms with E-state index in [1.807, 2.05) is 6.92 Å². The van der Waals surface area contributed by atoms with Crippen LogP contribution in [-0.4, -0.2) is 52.8 Å². The van der Waals surface area contributed by atoms with E-state index < -0.39 is 23.8 Å². The Kier molecular flexibility index (Phi) is 7.54. The molecule has 1 aromatic rings. The number of nitrogens with one attached hydrogen (secondary N) is 1. The molecule has 1 aliphatic carbocycles. The molecule has 184 valence electrons. The van der Waals surface area contributed by atoms with Gasteiger partial charge in [0.15, 0.2) is 17.3 Å². The summed E-state index contributed by atoms with van der Waals surface area (Å²) in [5, 5.41) is 3.22. The molecule has 0 saturated heterocycles. The van der Waals surface area contributed by atoms with Gasteiger partial charge in [-0.3, -0.25) is 9.59 Å². The third-order valence-corrected chi connectivity index (χ3v) is 6.26. The number of hydrogen-bond acceptors (Lipinski definition) is 9. The first-order chi connectivity index (χ1) is 16.2. The van der Waals surface area contributed by atoms with Crippen molar-refractivity contribution in [1.82, 2.24) is 5.32 Å². The number of ketones is 1. The summed E-state index contributed by atoms with van der Waals surface area (Å²) in [5.41, 5.74) is 2.42. The fourth-order valence-corrected chi connectivity index (χ4v) is 4.76. The maximum Gasteiger partial charge on any atom is 0.336 e. The third kappa shape index (κ3) is 4.22. The van der Waals surface area contributed by atoms with Gasteiger partial charge >= 0.3 is 11.9 Å². The zero-order chi connectivity index (χ0) is 25.2. The molecule has 3 rings (SSSR count). The van der Waals surface area contributed by atoms with Gasteiger partial charge in [0.25, 0.3) is 0 Å². The molecular weight excluding hydrogens is 442 g/mol. The lowest BCUT2D eigenvalue weighted by atomic mass is 9.69. The van der Waals surface area contributed by atoms with Crippen molar-refractivity contribution in [2.24, 2.45) is 11.8 Å². The molecule has 0 fully saturated rings. The first kappa shape index (κ1) is 25.1. The molecule has 9 nitrogen and oxygen atoms in total. The lowest BCUT2D eigenvalue weighted by Gasteiger charge is -2.38. The summed E-state index contributed by atoms with van der Waals surface area (Å²) in [7, 11) is 5.73. The van der Waals surface area contributed by atoms with Gasteiger partial charge in [0, 0.05) is 22.9 Å². The first-order valence-electron chi connectivity index (χ1n) is 11.0. The smallest absolute Gasteiger partial charge is 0.336 e. The van der Waals surface area contributed by atoms with Gasteiger partial charge in [-0.05, 0) is 43.9 Å². The van der Waals surface area contributed by atoms with Crippen molar-refractivity contribution in [3.8, 4) is 17.2 Å². The molecule has 0 aromatic heterocycles. The van der Waals surface area contributed by atoms with Crippen molar-refractivity contribution in [1.29, 1.82) is 0 Å². The van der Waals surface area contributed by atoms with Crippen LogP contribution in [0.1, 0.15) is 38.7 Å². The number of allylic oxidation sites excluding steroid dienone is 3. The van der Waals surface area contributed by atoms with Crippen molar-refractivity contribution >= 4 is 17.7 Å². The maximum atomic E-state index is 13.8. The molecule has 1 aliphatic heterocycles. The zero-order valence-electron chi connectivity index (χ0n) is 20.6. The number of ether oxygens (including phenoxy) is 5.